The summed E-state index contributed by atoms with van der Waals surface area (Å²) in [5.41, 5.74) is 0.900. The van der Waals surface area contributed by atoms with E-state index in [0.717, 1.165) is 37.7 Å². The monoisotopic (exact) mass is 514 g/mol. The predicted octanol–water partition coefficient (Wildman–Crippen LogP) is 4.98. The first-order chi connectivity index (χ1) is 18.0. The van der Waals surface area contributed by atoms with Crippen LogP contribution in [0, 0.1) is 5.92 Å². The van der Waals surface area contributed by atoms with E-state index in [0.29, 0.717) is 31.9 Å². The maximum absolute atomic E-state index is 13.6. The van der Waals surface area contributed by atoms with Gasteiger partial charge in [-0.25, -0.2) is 4.79 Å². The third kappa shape index (κ3) is 8.03. The highest BCUT2D eigenvalue weighted by Gasteiger charge is 2.49. The van der Waals surface area contributed by atoms with Crippen molar-refractivity contribution in [3.8, 4) is 0 Å². The Morgan fingerprint density at radius 1 is 1.05 bits per heavy atom. The lowest BCUT2D eigenvalue weighted by Gasteiger charge is -2.31. The Bertz CT molecular complexity index is 861. The van der Waals surface area contributed by atoms with E-state index in [1.807, 2.05) is 42.2 Å². The smallest absolute Gasteiger partial charge is 0.328 e. The molecule has 1 saturated carbocycles. The molecule has 0 bridgehead atoms. The van der Waals surface area contributed by atoms with Gasteiger partial charge in [-0.15, -0.1) is 0 Å². The summed E-state index contributed by atoms with van der Waals surface area (Å²) in [6.45, 7) is 4.96. The van der Waals surface area contributed by atoms with Gasteiger partial charge in [0.1, 0.15) is 6.04 Å². The largest absolute Gasteiger partial charge is 0.469 e. The topological polar surface area (TPSA) is 84.9 Å². The molecule has 1 saturated heterocycles. The lowest BCUT2D eigenvalue weighted by atomic mass is 9.95. The van der Waals surface area contributed by atoms with Gasteiger partial charge in [0.15, 0.2) is 0 Å². The molecule has 3 rings (SSSR count). The SMILES string of the molecule is CCCCCCCCOC(=O)[C@@H]1C[C@@H]2CCC[C@@H]2N1C(=O)[C@H](C)NCCC(C(=O)OC)c1ccccc1. The van der Waals surface area contributed by atoms with Crippen LogP contribution in [0.5, 0.6) is 0 Å². The van der Waals surface area contributed by atoms with Crippen molar-refractivity contribution < 1.29 is 23.9 Å². The van der Waals surface area contributed by atoms with Crippen LogP contribution in [0.2, 0.25) is 0 Å². The normalized spacial score (nSPS) is 22.4. The fourth-order valence-corrected chi connectivity index (χ4v) is 5.97. The van der Waals surface area contributed by atoms with Gasteiger partial charge in [-0.2, -0.15) is 0 Å². The predicted molar refractivity (Wildman–Crippen MR) is 144 cm³/mol. The fraction of sp³-hybridized carbons (Fsp3) is 0.700. The fourth-order valence-electron chi connectivity index (χ4n) is 5.97. The Hall–Kier alpha value is -2.41. The van der Waals surface area contributed by atoms with Gasteiger partial charge in [0.25, 0.3) is 0 Å². The summed E-state index contributed by atoms with van der Waals surface area (Å²) in [5, 5.41) is 3.30. The number of carbonyl (C=O) groups is 3. The number of hydrogen-bond donors (Lipinski definition) is 1. The summed E-state index contributed by atoms with van der Waals surface area (Å²) in [5.74, 6) is -0.599. The molecule has 7 nitrogen and oxygen atoms in total. The molecule has 37 heavy (non-hydrogen) atoms. The Kier molecular flexibility index (Phi) is 11.9. The van der Waals surface area contributed by atoms with E-state index in [2.05, 4.69) is 12.2 Å². The van der Waals surface area contributed by atoms with E-state index >= 15 is 0 Å². The van der Waals surface area contributed by atoms with Crippen LogP contribution in [0.1, 0.15) is 96.0 Å². The third-order valence-electron chi connectivity index (χ3n) is 8.05. The summed E-state index contributed by atoms with van der Waals surface area (Å²) in [6, 6.07) is 8.74. The van der Waals surface area contributed by atoms with E-state index in [9.17, 15) is 14.4 Å². The van der Waals surface area contributed by atoms with Crippen LogP contribution in [0.15, 0.2) is 30.3 Å². The first kappa shape index (κ1) is 29.2. The summed E-state index contributed by atoms with van der Waals surface area (Å²) >= 11 is 0. The molecular weight excluding hydrogens is 468 g/mol. The maximum atomic E-state index is 13.6. The molecular formula is C30H46N2O5. The number of benzene rings is 1. The van der Waals surface area contributed by atoms with E-state index in [4.69, 9.17) is 9.47 Å². The molecule has 206 valence electrons. The van der Waals surface area contributed by atoms with E-state index in [1.165, 1.54) is 32.8 Å². The Labute approximate surface area is 222 Å². The average molecular weight is 515 g/mol. The summed E-state index contributed by atoms with van der Waals surface area (Å²) < 4.78 is 10.7. The van der Waals surface area contributed by atoms with Gasteiger partial charge in [-0.05, 0) is 57.1 Å². The van der Waals surface area contributed by atoms with Crippen molar-refractivity contribution in [1.29, 1.82) is 0 Å². The molecule has 1 aromatic rings. The number of ether oxygens (including phenoxy) is 2. The quantitative estimate of drug-likeness (QED) is 0.262. The number of esters is 2. The van der Waals surface area contributed by atoms with Crippen LogP contribution in [0.25, 0.3) is 0 Å². The molecule has 1 heterocycles. The zero-order valence-corrected chi connectivity index (χ0v) is 23.0. The molecule has 0 aromatic heterocycles. The lowest BCUT2D eigenvalue weighted by Crippen LogP contribution is -2.52. The number of nitrogens with one attached hydrogen (secondary N) is 1. The standard InChI is InChI=1S/C30H46N2O5/c1-4-5-6-7-8-12-20-37-30(35)27-21-24-16-13-17-26(24)32(27)28(33)22(2)31-19-18-25(29(34)36-3)23-14-10-9-11-15-23/h9-11,14-15,22,24-27,31H,4-8,12-13,16-21H2,1-3H3/t22-,24-,25?,26-,27-/m0/s1. The highest BCUT2D eigenvalue weighted by atomic mass is 16.5. The van der Waals surface area contributed by atoms with Crippen LogP contribution >= 0.6 is 0 Å². The summed E-state index contributed by atoms with van der Waals surface area (Å²) in [6.07, 6.45) is 11.2. The third-order valence-corrected chi connectivity index (χ3v) is 8.05. The zero-order chi connectivity index (χ0) is 26.6. The van der Waals surface area contributed by atoms with Gasteiger partial charge >= 0.3 is 11.9 Å². The molecule has 0 radical (unpaired) electrons. The number of rotatable bonds is 15. The number of likely N-dealkylation sites (tertiary alicyclic amines) is 1. The van der Waals surface area contributed by atoms with Gasteiger partial charge in [-0.1, -0.05) is 75.8 Å². The second-order valence-corrected chi connectivity index (χ2v) is 10.6. The molecule has 5 atom stereocenters. The minimum atomic E-state index is -0.487. The molecule has 7 heteroatoms. The molecule has 1 amide bonds. The first-order valence-corrected chi connectivity index (χ1v) is 14.3. The van der Waals surface area contributed by atoms with Crippen LogP contribution in [-0.2, 0) is 23.9 Å². The second kappa shape index (κ2) is 15.1. The molecule has 0 spiro atoms. The highest BCUT2D eigenvalue weighted by molar-refractivity contribution is 5.88. The molecule has 1 aliphatic heterocycles. The molecule has 1 N–H and O–H groups in total. The number of hydrogen-bond acceptors (Lipinski definition) is 6. The average Bonchev–Trinajstić information content (AvgIpc) is 3.52. The Balaban J connectivity index is 1.53. The number of fused-ring (bicyclic) bond motifs is 1. The van der Waals surface area contributed by atoms with E-state index in [1.54, 1.807) is 0 Å². The van der Waals surface area contributed by atoms with Crippen molar-refractivity contribution in [2.24, 2.45) is 5.92 Å². The second-order valence-electron chi connectivity index (χ2n) is 10.6. The molecule has 1 unspecified atom stereocenters. The molecule has 2 fully saturated rings. The van der Waals surface area contributed by atoms with Crippen LogP contribution in [-0.4, -0.2) is 61.1 Å². The number of carbonyl (C=O) groups excluding carboxylic acids is 3. The minimum Gasteiger partial charge on any atom is -0.469 e. The molecule has 2 aliphatic rings. The number of unbranched alkanes of at least 4 members (excludes halogenated alkanes) is 5. The molecule has 1 aliphatic carbocycles. The van der Waals surface area contributed by atoms with Crippen LogP contribution in [0.4, 0.5) is 0 Å². The van der Waals surface area contributed by atoms with Gasteiger partial charge < -0.3 is 19.7 Å². The Morgan fingerprint density at radius 2 is 1.78 bits per heavy atom. The van der Waals surface area contributed by atoms with Crippen LogP contribution < -0.4 is 5.32 Å². The van der Waals surface area contributed by atoms with Gasteiger partial charge in [0.2, 0.25) is 5.91 Å². The zero-order valence-electron chi connectivity index (χ0n) is 23.0. The van der Waals surface area contributed by atoms with Crippen molar-refractivity contribution in [2.45, 2.75) is 109 Å². The van der Waals surface area contributed by atoms with Crippen molar-refractivity contribution in [3.05, 3.63) is 35.9 Å². The number of nitrogens with zero attached hydrogens (tertiary/aromatic N) is 1. The lowest BCUT2D eigenvalue weighted by molar-refractivity contribution is -0.155. The van der Waals surface area contributed by atoms with E-state index < -0.39 is 18.0 Å². The molecule has 1 aromatic carbocycles. The summed E-state index contributed by atoms with van der Waals surface area (Å²) in [4.78, 5) is 40.8. The van der Waals surface area contributed by atoms with Crippen molar-refractivity contribution in [3.63, 3.8) is 0 Å². The van der Waals surface area contributed by atoms with Gasteiger partial charge in [0, 0.05) is 6.04 Å². The minimum absolute atomic E-state index is 0.0507. The number of amides is 1. The first-order valence-electron chi connectivity index (χ1n) is 14.3. The van der Waals surface area contributed by atoms with Crippen LogP contribution in [0.3, 0.4) is 0 Å². The van der Waals surface area contributed by atoms with Gasteiger partial charge in [-0.3, -0.25) is 9.59 Å². The summed E-state index contributed by atoms with van der Waals surface area (Å²) in [7, 11) is 1.40. The Morgan fingerprint density at radius 3 is 2.51 bits per heavy atom. The van der Waals surface area contributed by atoms with Crippen molar-refractivity contribution in [1.82, 2.24) is 10.2 Å². The van der Waals surface area contributed by atoms with Gasteiger partial charge in [0.05, 0.1) is 25.7 Å². The van der Waals surface area contributed by atoms with E-state index in [-0.39, 0.29) is 23.9 Å². The maximum Gasteiger partial charge on any atom is 0.328 e. The number of methoxy groups -OCH3 is 1. The van der Waals surface area contributed by atoms with Crippen molar-refractivity contribution in [2.75, 3.05) is 20.3 Å². The van der Waals surface area contributed by atoms with Crippen molar-refractivity contribution >= 4 is 17.8 Å². The highest BCUT2D eigenvalue weighted by Crippen LogP contribution is 2.42.